The number of hydrazine groups is 1. The molecule has 3 N–H and O–H groups in total. The number of nitrogens with zero attached hydrogens (tertiary/aromatic N) is 2. The summed E-state index contributed by atoms with van der Waals surface area (Å²) in [5.41, 5.74) is 2.96. The molecule has 0 radical (unpaired) electrons. The molecular formula is C13H19BrN4O2. The Balaban J connectivity index is 2.16. The molecule has 0 bridgehead atoms. The lowest BCUT2D eigenvalue weighted by molar-refractivity contribution is 0.0571. The SMILES string of the molecule is COCC1CCCN(C(=O)c2cc(Br)cnc2NN)C1. The predicted octanol–water partition coefficient (Wildman–Crippen LogP) is 1.63. The third-order valence-electron chi connectivity index (χ3n) is 3.43. The van der Waals surface area contributed by atoms with Crippen LogP contribution in [0.4, 0.5) is 5.82 Å². The van der Waals surface area contributed by atoms with Gasteiger partial charge < -0.3 is 15.1 Å². The van der Waals surface area contributed by atoms with E-state index in [0.29, 0.717) is 30.5 Å². The maximum atomic E-state index is 12.6. The standard InChI is InChI=1S/C13H19BrN4O2/c1-20-8-9-3-2-4-18(7-9)13(19)11-5-10(14)6-16-12(11)17-15/h5-6,9H,2-4,7-8,15H2,1H3,(H,16,17). The second-order valence-corrected chi connectivity index (χ2v) is 5.82. The van der Waals surface area contributed by atoms with Crippen molar-refractivity contribution in [2.45, 2.75) is 12.8 Å². The van der Waals surface area contributed by atoms with E-state index in [1.807, 2.05) is 4.90 Å². The molecule has 1 fully saturated rings. The minimum Gasteiger partial charge on any atom is -0.384 e. The largest absolute Gasteiger partial charge is 0.384 e. The highest BCUT2D eigenvalue weighted by atomic mass is 79.9. The van der Waals surface area contributed by atoms with Gasteiger partial charge in [-0.1, -0.05) is 0 Å². The molecular weight excluding hydrogens is 324 g/mol. The summed E-state index contributed by atoms with van der Waals surface area (Å²) in [6.07, 6.45) is 3.69. The Morgan fingerprint density at radius 2 is 2.50 bits per heavy atom. The molecule has 1 unspecified atom stereocenters. The number of amides is 1. The van der Waals surface area contributed by atoms with Gasteiger partial charge in [-0.05, 0) is 40.8 Å². The molecule has 1 atom stereocenters. The smallest absolute Gasteiger partial charge is 0.257 e. The maximum absolute atomic E-state index is 12.6. The molecule has 1 amide bonds. The molecule has 1 saturated heterocycles. The van der Waals surface area contributed by atoms with Gasteiger partial charge in [-0.2, -0.15) is 0 Å². The lowest BCUT2D eigenvalue weighted by atomic mass is 9.98. The van der Waals surface area contributed by atoms with Crippen LogP contribution in [0.1, 0.15) is 23.2 Å². The first-order valence-electron chi connectivity index (χ1n) is 6.56. The zero-order valence-electron chi connectivity index (χ0n) is 11.4. The zero-order valence-corrected chi connectivity index (χ0v) is 13.0. The van der Waals surface area contributed by atoms with E-state index in [1.165, 1.54) is 0 Å². The third-order valence-corrected chi connectivity index (χ3v) is 3.86. The van der Waals surface area contributed by atoms with E-state index in [2.05, 4.69) is 26.3 Å². The van der Waals surface area contributed by atoms with E-state index >= 15 is 0 Å². The highest BCUT2D eigenvalue weighted by molar-refractivity contribution is 9.10. The van der Waals surface area contributed by atoms with Gasteiger partial charge in [-0.15, -0.1) is 0 Å². The van der Waals surface area contributed by atoms with E-state index in [-0.39, 0.29) is 5.91 Å². The number of nitrogen functional groups attached to an aromatic ring is 1. The van der Waals surface area contributed by atoms with Gasteiger partial charge in [0.05, 0.1) is 12.2 Å². The Morgan fingerprint density at radius 1 is 1.70 bits per heavy atom. The van der Waals surface area contributed by atoms with E-state index in [0.717, 1.165) is 23.9 Å². The van der Waals surface area contributed by atoms with Crippen molar-refractivity contribution in [2.75, 3.05) is 32.2 Å². The van der Waals surface area contributed by atoms with Crippen molar-refractivity contribution in [3.8, 4) is 0 Å². The molecule has 1 aromatic heterocycles. The van der Waals surface area contributed by atoms with Crippen LogP contribution < -0.4 is 11.3 Å². The number of methoxy groups -OCH3 is 1. The number of rotatable bonds is 4. The number of hydrogen-bond donors (Lipinski definition) is 2. The van der Waals surface area contributed by atoms with Crippen molar-refractivity contribution >= 4 is 27.7 Å². The summed E-state index contributed by atoms with van der Waals surface area (Å²) in [5, 5.41) is 0. The molecule has 1 aliphatic heterocycles. The zero-order chi connectivity index (χ0) is 14.5. The fourth-order valence-electron chi connectivity index (χ4n) is 2.51. The van der Waals surface area contributed by atoms with Gasteiger partial charge in [-0.25, -0.2) is 10.8 Å². The first-order valence-corrected chi connectivity index (χ1v) is 7.35. The van der Waals surface area contributed by atoms with Crippen LogP contribution in [0.3, 0.4) is 0 Å². The Morgan fingerprint density at radius 3 is 3.20 bits per heavy atom. The first kappa shape index (κ1) is 15.2. The normalized spacial score (nSPS) is 18.9. The number of piperidine rings is 1. The molecule has 0 spiro atoms. The molecule has 1 aromatic rings. The first-order chi connectivity index (χ1) is 9.65. The van der Waals surface area contributed by atoms with Crippen molar-refractivity contribution in [2.24, 2.45) is 11.8 Å². The predicted molar refractivity (Wildman–Crippen MR) is 80.3 cm³/mol. The second-order valence-electron chi connectivity index (χ2n) is 4.91. The van der Waals surface area contributed by atoms with E-state index in [4.69, 9.17) is 10.6 Å². The number of likely N-dealkylation sites (tertiary alicyclic amines) is 1. The van der Waals surface area contributed by atoms with Crippen molar-refractivity contribution < 1.29 is 9.53 Å². The third kappa shape index (κ3) is 3.47. The molecule has 0 aliphatic carbocycles. The highest BCUT2D eigenvalue weighted by Gasteiger charge is 2.26. The van der Waals surface area contributed by atoms with Gasteiger partial charge in [0.2, 0.25) is 0 Å². The number of pyridine rings is 1. The van der Waals surface area contributed by atoms with Crippen molar-refractivity contribution in [1.82, 2.24) is 9.88 Å². The summed E-state index contributed by atoms with van der Waals surface area (Å²) in [5.74, 6) is 6.17. The van der Waals surface area contributed by atoms with Crippen LogP contribution in [-0.4, -0.2) is 42.6 Å². The number of aromatic nitrogens is 1. The van der Waals surface area contributed by atoms with Gasteiger partial charge in [0, 0.05) is 30.9 Å². The second kappa shape index (κ2) is 7.01. The minimum absolute atomic E-state index is 0.0486. The van der Waals surface area contributed by atoms with Gasteiger partial charge in [-0.3, -0.25) is 4.79 Å². The molecule has 2 rings (SSSR count). The number of hydrogen-bond acceptors (Lipinski definition) is 5. The van der Waals surface area contributed by atoms with Crippen LogP contribution in [0.2, 0.25) is 0 Å². The van der Waals surface area contributed by atoms with Crippen LogP contribution in [0.15, 0.2) is 16.7 Å². The molecule has 0 saturated carbocycles. The van der Waals surface area contributed by atoms with Crippen LogP contribution in [0.25, 0.3) is 0 Å². The van der Waals surface area contributed by atoms with Gasteiger partial charge in [0.1, 0.15) is 0 Å². The number of halogens is 1. The number of carbonyl (C=O) groups is 1. The lowest BCUT2D eigenvalue weighted by Gasteiger charge is -2.32. The summed E-state index contributed by atoms with van der Waals surface area (Å²) in [4.78, 5) is 18.6. The number of carbonyl (C=O) groups excluding carboxylic acids is 1. The van der Waals surface area contributed by atoms with Crippen LogP contribution in [-0.2, 0) is 4.74 Å². The molecule has 110 valence electrons. The monoisotopic (exact) mass is 342 g/mol. The Hall–Kier alpha value is -1.18. The lowest BCUT2D eigenvalue weighted by Crippen LogP contribution is -2.41. The van der Waals surface area contributed by atoms with Gasteiger partial charge >= 0.3 is 0 Å². The van der Waals surface area contributed by atoms with Crippen LogP contribution >= 0.6 is 15.9 Å². The average Bonchev–Trinajstić information content (AvgIpc) is 2.47. The Bertz CT molecular complexity index is 481. The Kier molecular flexibility index (Phi) is 5.33. The van der Waals surface area contributed by atoms with Crippen molar-refractivity contribution in [3.05, 3.63) is 22.3 Å². The Labute approximate surface area is 126 Å². The van der Waals surface area contributed by atoms with E-state index in [1.54, 1.807) is 19.4 Å². The summed E-state index contributed by atoms with van der Waals surface area (Å²) in [6.45, 7) is 2.15. The van der Waals surface area contributed by atoms with Crippen molar-refractivity contribution in [1.29, 1.82) is 0 Å². The fourth-order valence-corrected chi connectivity index (χ4v) is 2.84. The summed E-state index contributed by atoms with van der Waals surface area (Å²) < 4.78 is 5.94. The minimum atomic E-state index is -0.0486. The van der Waals surface area contributed by atoms with Gasteiger partial charge in [0.25, 0.3) is 5.91 Å². The van der Waals surface area contributed by atoms with Crippen molar-refractivity contribution in [3.63, 3.8) is 0 Å². The molecule has 7 heteroatoms. The number of anilines is 1. The molecule has 2 heterocycles. The highest BCUT2D eigenvalue weighted by Crippen LogP contribution is 2.23. The summed E-state index contributed by atoms with van der Waals surface area (Å²) in [7, 11) is 1.69. The topological polar surface area (TPSA) is 80.5 Å². The summed E-state index contributed by atoms with van der Waals surface area (Å²) >= 11 is 3.33. The molecule has 6 nitrogen and oxygen atoms in total. The number of nitrogens with one attached hydrogen (secondary N) is 1. The van der Waals surface area contributed by atoms with E-state index < -0.39 is 0 Å². The maximum Gasteiger partial charge on any atom is 0.257 e. The van der Waals surface area contributed by atoms with Crippen LogP contribution in [0.5, 0.6) is 0 Å². The van der Waals surface area contributed by atoms with E-state index in [9.17, 15) is 4.79 Å². The number of nitrogens with two attached hydrogens (primary N) is 1. The van der Waals surface area contributed by atoms with Gasteiger partial charge in [0.15, 0.2) is 5.82 Å². The summed E-state index contributed by atoms with van der Waals surface area (Å²) in [6, 6.07) is 1.74. The molecule has 20 heavy (non-hydrogen) atoms. The average molecular weight is 343 g/mol. The fraction of sp³-hybridized carbons (Fsp3) is 0.538. The quantitative estimate of drug-likeness (QED) is 0.642. The molecule has 0 aromatic carbocycles. The van der Waals surface area contributed by atoms with Crippen LogP contribution in [0, 0.1) is 5.92 Å². The number of ether oxygens (including phenoxy) is 1. The molecule has 1 aliphatic rings.